The van der Waals surface area contributed by atoms with Gasteiger partial charge in [-0.15, -0.1) is 0 Å². The molecule has 0 aliphatic heterocycles. The summed E-state index contributed by atoms with van der Waals surface area (Å²) < 4.78 is 0. The molecule has 0 aliphatic rings. The van der Waals surface area contributed by atoms with Gasteiger partial charge < -0.3 is 5.32 Å². The molecule has 4 aromatic rings. The zero-order valence-electron chi connectivity index (χ0n) is 12.2. The van der Waals surface area contributed by atoms with Gasteiger partial charge in [-0.3, -0.25) is 4.98 Å². The number of fused-ring (bicyclic) bond motifs is 2. The fraction of sp³-hybridized carbons (Fsp3) is 0.0556. The summed E-state index contributed by atoms with van der Waals surface area (Å²) in [6.07, 6.45) is 3.36. The third-order valence-electron chi connectivity index (χ3n) is 3.76. The number of anilines is 1. The van der Waals surface area contributed by atoms with Crippen molar-refractivity contribution in [2.45, 2.75) is 6.54 Å². The van der Waals surface area contributed by atoms with E-state index >= 15 is 0 Å². The van der Waals surface area contributed by atoms with E-state index in [1.807, 2.05) is 36.5 Å². The lowest BCUT2D eigenvalue weighted by Gasteiger charge is -2.10. The minimum absolute atomic E-state index is 0.642. The van der Waals surface area contributed by atoms with Crippen molar-refractivity contribution in [3.8, 4) is 0 Å². The summed E-state index contributed by atoms with van der Waals surface area (Å²) in [4.78, 5) is 13.1. The zero-order valence-corrected chi connectivity index (χ0v) is 13.0. The van der Waals surface area contributed by atoms with Crippen LogP contribution in [0.25, 0.3) is 21.8 Å². The molecule has 112 valence electrons. The molecule has 0 fully saturated rings. The van der Waals surface area contributed by atoms with Gasteiger partial charge in [0.25, 0.3) is 0 Å². The maximum absolute atomic E-state index is 6.02. The molecule has 0 bridgehead atoms. The fourth-order valence-electron chi connectivity index (χ4n) is 2.66. The number of rotatable bonds is 3. The highest BCUT2D eigenvalue weighted by Gasteiger charge is 2.06. The van der Waals surface area contributed by atoms with Gasteiger partial charge in [0, 0.05) is 28.5 Å². The van der Waals surface area contributed by atoms with Crippen molar-refractivity contribution in [1.82, 2.24) is 15.0 Å². The highest BCUT2D eigenvalue weighted by atomic mass is 35.5. The van der Waals surface area contributed by atoms with Crippen LogP contribution in [0.2, 0.25) is 5.02 Å². The van der Waals surface area contributed by atoms with Crippen LogP contribution in [0, 0.1) is 0 Å². The van der Waals surface area contributed by atoms with Gasteiger partial charge in [-0.1, -0.05) is 35.9 Å². The van der Waals surface area contributed by atoms with Gasteiger partial charge in [0.15, 0.2) is 0 Å². The van der Waals surface area contributed by atoms with E-state index in [-0.39, 0.29) is 0 Å². The Hall–Kier alpha value is -2.72. The molecule has 2 aromatic heterocycles. The number of nitrogens with zero attached hydrogens (tertiary/aromatic N) is 3. The maximum atomic E-state index is 6.02. The van der Waals surface area contributed by atoms with Crippen molar-refractivity contribution in [1.29, 1.82) is 0 Å². The van der Waals surface area contributed by atoms with Gasteiger partial charge in [0.05, 0.1) is 11.0 Å². The van der Waals surface area contributed by atoms with Crippen LogP contribution in [-0.2, 0) is 6.54 Å². The Kier molecular flexibility index (Phi) is 3.52. The van der Waals surface area contributed by atoms with Crippen molar-refractivity contribution in [2.24, 2.45) is 0 Å². The molecule has 0 unspecified atom stereocenters. The topological polar surface area (TPSA) is 50.7 Å². The molecular weight excluding hydrogens is 308 g/mol. The van der Waals surface area contributed by atoms with Crippen molar-refractivity contribution in [3.63, 3.8) is 0 Å². The van der Waals surface area contributed by atoms with Gasteiger partial charge in [-0.25, -0.2) is 9.97 Å². The Bertz CT molecular complexity index is 995. The molecule has 4 rings (SSSR count). The second kappa shape index (κ2) is 5.82. The number of hydrogen-bond donors (Lipinski definition) is 1. The molecule has 0 saturated heterocycles. The molecule has 5 heteroatoms. The van der Waals surface area contributed by atoms with Gasteiger partial charge in [-0.2, -0.15) is 0 Å². The van der Waals surface area contributed by atoms with E-state index in [4.69, 9.17) is 11.6 Å². The zero-order chi connectivity index (χ0) is 15.6. The van der Waals surface area contributed by atoms with E-state index in [1.54, 1.807) is 6.33 Å². The normalized spacial score (nSPS) is 11.0. The maximum Gasteiger partial charge on any atom is 0.137 e. The van der Waals surface area contributed by atoms with Crippen LogP contribution in [0.15, 0.2) is 61.1 Å². The van der Waals surface area contributed by atoms with Crippen molar-refractivity contribution < 1.29 is 0 Å². The van der Waals surface area contributed by atoms with Gasteiger partial charge in [-0.05, 0) is 29.8 Å². The minimum Gasteiger partial charge on any atom is -0.365 e. The molecule has 0 radical (unpaired) electrons. The Morgan fingerprint density at radius 3 is 2.83 bits per heavy atom. The van der Waals surface area contributed by atoms with Gasteiger partial charge in [0.2, 0.25) is 0 Å². The SMILES string of the molecule is Clc1ccc2c(NCc3cccc4cccnc34)ncnc2c1. The highest BCUT2D eigenvalue weighted by molar-refractivity contribution is 6.31. The molecule has 4 nitrogen and oxygen atoms in total. The summed E-state index contributed by atoms with van der Waals surface area (Å²) >= 11 is 6.02. The number of halogens is 1. The van der Waals surface area contributed by atoms with Crippen molar-refractivity contribution >= 4 is 39.2 Å². The molecule has 0 saturated carbocycles. The van der Waals surface area contributed by atoms with E-state index in [1.165, 1.54) is 0 Å². The van der Waals surface area contributed by atoms with Crippen LogP contribution in [0.3, 0.4) is 0 Å². The van der Waals surface area contributed by atoms with E-state index in [9.17, 15) is 0 Å². The quantitative estimate of drug-likeness (QED) is 0.606. The summed E-state index contributed by atoms with van der Waals surface area (Å²) in [6, 6.07) is 15.8. The first-order valence-electron chi connectivity index (χ1n) is 7.28. The molecule has 0 atom stereocenters. The summed E-state index contributed by atoms with van der Waals surface area (Å²) in [5, 5.41) is 6.13. The van der Waals surface area contributed by atoms with Crippen LogP contribution in [0.5, 0.6) is 0 Å². The largest absolute Gasteiger partial charge is 0.365 e. The summed E-state index contributed by atoms with van der Waals surface area (Å²) in [5.74, 6) is 0.791. The summed E-state index contributed by atoms with van der Waals surface area (Å²) in [7, 11) is 0. The number of aromatic nitrogens is 3. The molecule has 0 spiro atoms. The third kappa shape index (κ3) is 2.69. The van der Waals surface area contributed by atoms with E-state index in [2.05, 4.69) is 38.5 Å². The lowest BCUT2D eigenvalue weighted by Crippen LogP contribution is -2.03. The molecular formula is C18H13ClN4. The van der Waals surface area contributed by atoms with Crippen molar-refractivity contribution in [3.05, 3.63) is 71.6 Å². The van der Waals surface area contributed by atoms with Gasteiger partial charge in [0.1, 0.15) is 12.1 Å². The fourth-order valence-corrected chi connectivity index (χ4v) is 2.83. The Morgan fingerprint density at radius 2 is 1.87 bits per heavy atom. The molecule has 2 heterocycles. The van der Waals surface area contributed by atoms with Crippen LogP contribution >= 0.6 is 11.6 Å². The first-order valence-corrected chi connectivity index (χ1v) is 7.66. The molecule has 2 aromatic carbocycles. The molecule has 0 aliphatic carbocycles. The first kappa shape index (κ1) is 13.9. The predicted molar refractivity (Wildman–Crippen MR) is 93.6 cm³/mol. The molecule has 1 N–H and O–H groups in total. The highest BCUT2D eigenvalue weighted by Crippen LogP contribution is 2.23. The average molecular weight is 321 g/mol. The monoisotopic (exact) mass is 320 g/mol. The van der Waals surface area contributed by atoms with Crippen LogP contribution in [0.4, 0.5) is 5.82 Å². The number of para-hydroxylation sites is 1. The number of hydrogen-bond acceptors (Lipinski definition) is 4. The second-order valence-electron chi connectivity index (χ2n) is 5.23. The number of nitrogens with one attached hydrogen (secondary N) is 1. The third-order valence-corrected chi connectivity index (χ3v) is 4.00. The van der Waals surface area contributed by atoms with E-state index < -0.39 is 0 Å². The van der Waals surface area contributed by atoms with Crippen LogP contribution < -0.4 is 5.32 Å². The van der Waals surface area contributed by atoms with Gasteiger partial charge >= 0.3 is 0 Å². The number of benzene rings is 2. The second-order valence-corrected chi connectivity index (χ2v) is 5.67. The Labute approximate surface area is 138 Å². The summed E-state index contributed by atoms with van der Waals surface area (Å²) in [6.45, 7) is 0.642. The van der Waals surface area contributed by atoms with E-state index in [0.29, 0.717) is 11.6 Å². The lowest BCUT2D eigenvalue weighted by atomic mass is 10.1. The molecule has 23 heavy (non-hydrogen) atoms. The first-order chi connectivity index (χ1) is 11.3. The molecule has 0 amide bonds. The standard InChI is InChI=1S/C18H13ClN4/c19-14-6-7-15-16(9-14)22-11-23-18(15)21-10-13-4-1-3-12-5-2-8-20-17(12)13/h1-9,11H,10H2,(H,21,22,23). The predicted octanol–water partition coefficient (Wildman–Crippen LogP) is 4.44. The average Bonchev–Trinajstić information content (AvgIpc) is 2.59. The van der Waals surface area contributed by atoms with Crippen LogP contribution in [-0.4, -0.2) is 15.0 Å². The Morgan fingerprint density at radius 1 is 0.957 bits per heavy atom. The Balaban J connectivity index is 1.69. The minimum atomic E-state index is 0.642. The van der Waals surface area contributed by atoms with E-state index in [0.717, 1.165) is 33.2 Å². The lowest BCUT2D eigenvalue weighted by molar-refractivity contribution is 1.11. The van der Waals surface area contributed by atoms with Crippen LogP contribution in [0.1, 0.15) is 5.56 Å². The number of pyridine rings is 1. The summed E-state index contributed by atoms with van der Waals surface area (Å²) in [5.41, 5.74) is 2.96. The smallest absolute Gasteiger partial charge is 0.137 e. The van der Waals surface area contributed by atoms with Crippen molar-refractivity contribution in [2.75, 3.05) is 5.32 Å².